The molecule has 1 aromatic carbocycles. The van der Waals surface area contributed by atoms with E-state index in [-0.39, 0.29) is 11.5 Å². The summed E-state index contributed by atoms with van der Waals surface area (Å²) in [6.07, 6.45) is 2.24. The van der Waals surface area contributed by atoms with Gasteiger partial charge in [-0.05, 0) is 24.5 Å². The zero-order valence-corrected chi connectivity index (χ0v) is 10.7. The maximum absolute atomic E-state index is 12.0. The van der Waals surface area contributed by atoms with Gasteiger partial charge in [-0.25, -0.2) is 0 Å². The van der Waals surface area contributed by atoms with Gasteiger partial charge in [0, 0.05) is 12.0 Å². The average Bonchev–Trinajstić information content (AvgIpc) is 2.27. The number of benzene rings is 1. The van der Waals surface area contributed by atoms with Crippen molar-refractivity contribution in [3.63, 3.8) is 0 Å². The summed E-state index contributed by atoms with van der Waals surface area (Å²) in [6.45, 7) is 1.33. The Kier molecular flexibility index (Phi) is 5.75. The van der Waals surface area contributed by atoms with Crippen LogP contribution in [-0.2, 0) is 0 Å². The van der Waals surface area contributed by atoms with Crippen molar-refractivity contribution in [2.45, 2.75) is 39.7 Å². The predicted octanol–water partition coefficient (Wildman–Crippen LogP) is 4.30. The minimum absolute atomic E-state index is 0.0275. The van der Waals surface area contributed by atoms with Gasteiger partial charge in [-0.1, -0.05) is 32.4 Å². The molecule has 0 radical (unpaired) electrons. The topological polar surface area (TPSA) is 26.3 Å². The van der Waals surface area contributed by atoms with Gasteiger partial charge in [-0.3, -0.25) is 4.79 Å². The highest BCUT2D eigenvalue weighted by atomic mass is 19.3. The smallest absolute Gasteiger partial charge is 0.387 e. The Labute approximate surface area is 106 Å². The lowest BCUT2D eigenvalue weighted by Gasteiger charge is -2.07. The molecular weight excluding hydrogens is 238 g/mol. The van der Waals surface area contributed by atoms with E-state index >= 15 is 0 Å². The Bertz CT molecular complexity index is 389. The van der Waals surface area contributed by atoms with Crippen molar-refractivity contribution in [1.82, 2.24) is 0 Å². The molecule has 4 heteroatoms. The van der Waals surface area contributed by atoms with Gasteiger partial charge in [-0.2, -0.15) is 8.78 Å². The van der Waals surface area contributed by atoms with Crippen LogP contribution in [0.4, 0.5) is 8.78 Å². The molecule has 0 saturated carbocycles. The van der Waals surface area contributed by atoms with Gasteiger partial charge in [0.05, 0.1) is 0 Å². The van der Waals surface area contributed by atoms with E-state index in [2.05, 4.69) is 18.6 Å². The van der Waals surface area contributed by atoms with Crippen LogP contribution in [0, 0.1) is 5.92 Å². The summed E-state index contributed by atoms with van der Waals surface area (Å²) in [5, 5.41) is 0. The lowest BCUT2D eigenvalue weighted by Crippen LogP contribution is -2.04. The predicted molar refractivity (Wildman–Crippen MR) is 66.1 cm³/mol. The second-order valence-corrected chi connectivity index (χ2v) is 4.62. The molecule has 0 fully saturated rings. The summed E-state index contributed by atoms with van der Waals surface area (Å²) < 4.78 is 28.3. The molecule has 1 aromatic rings. The fourth-order valence-corrected chi connectivity index (χ4v) is 1.66. The van der Waals surface area contributed by atoms with E-state index in [4.69, 9.17) is 0 Å². The number of rotatable bonds is 7. The number of ether oxygens (including phenoxy) is 1. The standard InChI is InChI=1S/C14H18F2O2/c1-10(2)5-3-8-13(17)11-6-4-7-12(9-11)18-14(15)16/h4,6-7,9-10,14H,3,5,8H2,1-2H3. The molecule has 0 saturated heterocycles. The molecule has 0 unspecified atom stereocenters. The Morgan fingerprint density at radius 2 is 2.06 bits per heavy atom. The van der Waals surface area contributed by atoms with Crippen LogP contribution in [0.1, 0.15) is 43.5 Å². The number of hydrogen-bond donors (Lipinski definition) is 0. The molecule has 0 N–H and O–H groups in total. The first-order chi connectivity index (χ1) is 8.49. The molecule has 100 valence electrons. The first kappa shape index (κ1) is 14.6. The van der Waals surface area contributed by atoms with Crippen LogP contribution in [0.15, 0.2) is 24.3 Å². The molecule has 18 heavy (non-hydrogen) atoms. The molecule has 0 aromatic heterocycles. The average molecular weight is 256 g/mol. The third-order valence-electron chi connectivity index (χ3n) is 2.57. The molecule has 0 atom stereocenters. The van der Waals surface area contributed by atoms with Crippen molar-refractivity contribution >= 4 is 5.78 Å². The van der Waals surface area contributed by atoms with Gasteiger partial charge in [0.25, 0.3) is 0 Å². The van der Waals surface area contributed by atoms with Crippen molar-refractivity contribution in [2.24, 2.45) is 5.92 Å². The monoisotopic (exact) mass is 256 g/mol. The highest BCUT2D eigenvalue weighted by Gasteiger charge is 2.09. The summed E-state index contributed by atoms with van der Waals surface area (Å²) in [5.74, 6) is 0.557. The van der Waals surface area contributed by atoms with Gasteiger partial charge < -0.3 is 4.74 Å². The van der Waals surface area contributed by atoms with Crippen LogP contribution in [0.2, 0.25) is 0 Å². The van der Waals surface area contributed by atoms with E-state index in [9.17, 15) is 13.6 Å². The molecular formula is C14H18F2O2. The fourth-order valence-electron chi connectivity index (χ4n) is 1.66. The van der Waals surface area contributed by atoms with Crippen LogP contribution in [-0.4, -0.2) is 12.4 Å². The van der Waals surface area contributed by atoms with Gasteiger partial charge in [0.15, 0.2) is 5.78 Å². The molecule has 0 spiro atoms. The normalized spacial score (nSPS) is 11.0. The highest BCUT2D eigenvalue weighted by molar-refractivity contribution is 5.96. The Morgan fingerprint density at radius 1 is 1.33 bits per heavy atom. The molecule has 0 aliphatic carbocycles. The summed E-state index contributed by atoms with van der Waals surface area (Å²) >= 11 is 0. The SMILES string of the molecule is CC(C)CCCC(=O)c1cccc(OC(F)F)c1. The zero-order valence-electron chi connectivity index (χ0n) is 10.7. The number of alkyl halides is 2. The molecule has 0 aliphatic rings. The molecule has 0 amide bonds. The number of Topliss-reactive ketones (excluding diaryl/α,β-unsaturated/α-hetero) is 1. The minimum Gasteiger partial charge on any atom is -0.435 e. The van der Waals surface area contributed by atoms with Gasteiger partial charge in [0.2, 0.25) is 0 Å². The van der Waals surface area contributed by atoms with E-state index in [1.807, 2.05) is 0 Å². The number of carbonyl (C=O) groups is 1. The van der Waals surface area contributed by atoms with Crippen LogP contribution in [0.5, 0.6) is 5.75 Å². The minimum atomic E-state index is -2.86. The van der Waals surface area contributed by atoms with Crippen molar-refractivity contribution in [3.05, 3.63) is 29.8 Å². The highest BCUT2D eigenvalue weighted by Crippen LogP contribution is 2.18. The van der Waals surface area contributed by atoms with Crippen molar-refractivity contribution < 1.29 is 18.3 Å². The van der Waals surface area contributed by atoms with Crippen LogP contribution >= 0.6 is 0 Å². The first-order valence-corrected chi connectivity index (χ1v) is 6.07. The summed E-state index contributed by atoms with van der Waals surface area (Å²) in [4.78, 5) is 11.8. The van der Waals surface area contributed by atoms with Gasteiger partial charge in [0.1, 0.15) is 5.75 Å². The van der Waals surface area contributed by atoms with Crippen LogP contribution < -0.4 is 4.74 Å². The van der Waals surface area contributed by atoms with E-state index in [0.717, 1.165) is 12.8 Å². The molecule has 0 bridgehead atoms. The maximum atomic E-state index is 12.0. The van der Waals surface area contributed by atoms with Crippen molar-refractivity contribution in [1.29, 1.82) is 0 Å². The van der Waals surface area contributed by atoms with Gasteiger partial charge in [-0.15, -0.1) is 0 Å². The first-order valence-electron chi connectivity index (χ1n) is 6.07. The van der Waals surface area contributed by atoms with Crippen LogP contribution in [0.3, 0.4) is 0 Å². The van der Waals surface area contributed by atoms with Crippen molar-refractivity contribution in [3.8, 4) is 5.75 Å². The number of halogens is 2. The maximum Gasteiger partial charge on any atom is 0.387 e. The fraction of sp³-hybridized carbons (Fsp3) is 0.500. The number of hydrogen-bond acceptors (Lipinski definition) is 2. The second kappa shape index (κ2) is 7.09. The molecule has 2 nitrogen and oxygen atoms in total. The van der Waals surface area contributed by atoms with E-state index in [1.165, 1.54) is 12.1 Å². The Hall–Kier alpha value is -1.45. The Balaban J connectivity index is 2.57. The lowest BCUT2D eigenvalue weighted by molar-refractivity contribution is -0.0498. The van der Waals surface area contributed by atoms with E-state index < -0.39 is 6.61 Å². The quantitative estimate of drug-likeness (QED) is 0.680. The third-order valence-corrected chi connectivity index (χ3v) is 2.57. The molecule has 1 rings (SSSR count). The molecule has 0 aliphatic heterocycles. The van der Waals surface area contributed by atoms with Gasteiger partial charge >= 0.3 is 6.61 Å². The number of ketones is 1. The van der Waals surface area contributed by atoms with Crippen molar-refractivity contribution in [2.75, 3.05) is 0 Å². The van der Waals surface area contributed by atoms with E-state index in [1.54, 1.807) is 12.1 Å². The van der Waals surface area contributed by atoms with Crippen LogP contribution in [0.25, 0.3) is 0 Å². The largest absolute Gasteiger partial charge is 0.435 e. The number of carbonyl (C=O) groups excluding carboxylic acids is 1. The summed E-state index contributed by atoms with van der Waals surface area (Å²) in [7, 11) is 0. The summed E-state index contributed by atoms with van der Waals surface area (Å²) in [6, 6.07) is 5.95. The summed E-state index contributed by atoms with van der Waals surface area (Å²) in [5.41, 5.74) is 0.428. The zero-order chi connectivity index (χ0) is 13.5. The third kappa shape index (κ3) is 5.25. The second-order valence-electron chi connectivity index (χ2n) is 4.62. The molecule has 0 heterocycles. The lowest BCUT2D eigenvalue weighted by atomic mass is 10.0. The van der Waals surface area contributed by atoms with E-state index in [0.29, 0.717) is 17.9 Å². The Morgan fingerprint density at radius 3 is 2.67 bits per heavy atom.